The summed E-state index contributed by atoms with van der Waals surface area (Å²) >= 11 is 6.14. The Morgan fingerprint density at radius 3 is 2.53 bits per heavy atom. The number of thioether (sulfide) groups is 1. The summed E-state index contributed by atoms with van der Waals surface area (Å²) in [6, 6.07) is 4.04. The van der Waals surface area contributed by atoms with E-state index >= 15 is 0 Å². The van der Waals surface area contributed by atoms with Gasteiger partial charge in [-0.15, -0.1) is 0 Å². The van der Waals surface area contributed by atoms with Crippen molar-refractivity contribution < 1.29 is 34.3 Å². The third-order valence-corrected chi connectivity index (χ3v) is 5.31. The summed E-state index contributed by atoms with van der Waals surface area (Å²) in [5.41, 5.74) is -0.0918. The van der Waals surface area contributed by atoms with E-state index < -0.39 is 22.8 Å². The van der Waals surface area contributed by atoms with Crippen molar-refractivity contribution in [1.29, 1.82) is 0 Å². The van der Waals surface area contributed by atoms with Crippen LogP contribution in [0.15, 0.2) is 23.1 Å². The van der Waals surface area contributed by atoms with Crippen LogP contribution >= 0.6 is 24.0 Å². The van der Waals surface area contributed by atoms with Crippen LogP contribution in [0.5, 0.6) is 5.75 Å². The number of carboxylic acid groups (broad SMARTS) is 2. The molecule has 160 valence electrons. The quantitative estimate of drug-likeness (QED) is 0.168. The number of nitro benzene ring substituents is 1. The fraction of sp³-hybridized carbons (Fsp3) is 0.333. The van der Waals surface area contributed by atoms with E-state index in [1.807, 2.05) is 0 Å². The lowest BCUT2D eigenvalue weighted by Gasteiger charge is -2.13. The van der Waals surface area contributed by atoms with E-state index in [0.29, 0.717) is 5.75 Å². The number of amides is 1. The Kier molecular flexibility index (Phi) is 8.30. The molecule has 0 aromatic heterocycles. The van der Waals surface area contributed by atoms with Crippen molar-refractivity contribution in [2.45, 2.75) is 25.7 Å². The number of carbonyl (C=O) groups excluding carboxylic acids is 1. The third-order valence-electron chi connectivity index (χ3n) is 3.93. The van der Waals surface area contributed by atoms with Gasteiger partial charge in [0, 0.05) is 25.5 Å². The zero-order valence-electron chi connectivity index (χ0n) is 15.6. The van der Waals surface area contributed by atoms with E-state index in [9.17, 15) is 24.5 Å². The summed E-state index contributed by atoms with van der Waals surface area (Å²) < 4.78 is 5.69. The van der Waals surface area contributed by atoms with E-state index in [0.717, 1.165) is 11.8 Å². The third kappa shape index (κ3) is 6.52. The molecule has 2 rings (SSSR count). The average molecular weight is 454 g/mol. The summed E-state index contributed by atoms with van der Waals surface area (Å²) in [7, 11) is 0. The summed E-state index contributed by atoms with van der Waals surface area (Å²) in [5, 5.41) is 28.7. The fourth-order valence-corrected chi connectivity index (χ4v) is 3.84. The maximum atomic E-state index is 12.6. The number of hydrogen-bond donors (Lipinski definition) is 2. The first-order chi connectivity index (χ1) is 14.2. The number of nitro groups is 1. The largest absolute Gasteiger partial charge is 0.494 e. The van der Waals surface area contributed by atoms with Crippen LogP contribution in [0.4, 0.5) is 5.69 Å². The van der Waals surface area contributed by atoms with Crippen molar-refractivity contribution in [2.75, 3.05) is 13.2 Å². The molecule has 0 saturated carbocycles. The van der Waals surface area contributed by atoms with E-state index in [2.05, 4.69) is 0 Å². The second kappa shape index (κ2) is 10.7. The van der Waals surface area contributed by atoms with Gasteiger partial charge in [-0.2, -0.15) is 0 Å². The van der Waals surface area contributed by atoms with Gasteiger partial charge >= 0.3 is 11.9 Å². The molecule has 1 aliphatic rings. The molecule has 0 aliphatic carbocycles. The molecule has 0 spiro atoms. The van der Waals surface area contributed by atoms with Crippen molar-refractivity contribution in [3.63, 3.8) is 0 Å². The summed E-state index contributed by atoms with van der Waals surface area (Å²) in [4.78, 5) is 46.0. The normalized spacial score (nSPS) is 14.9. The minimum absolute atomic E-state index is 0.0653. The number of ether oxygens (including phenoxy) is 1. The van der Waals surface area contributed by atoms with E-state index in [1.165, 1.54) is 29.2 Å². The topological polar surface area (TPSA) is 147 Å². The number of carboxylic acids is 2. The average Bonchev–Trinajstić information content (AvgIpc) is 2.92. The molecule has 1 aliphatic heterocycles. The lowest BCUT2D eigenvalue weighted by Crippen LogP contribution is -2.29. The molecule has 30 heavy (non-hydrogen) atoms. The van der Waals surface area contributed by atoms with Crippen LogP contribution in [0, 0.1) is 10.1 Å². The van der Waals surface area contributed by atoms with Crippen LogP contribution in [-0.2, 0) is 14.4 Å². The van der Waals surface area contributed by atoms with Crippen LogP contribution in [0.3, 0.4) is 0 Å². The smallest absolute Gasteiger partial charge is 0.303 e. The molecule has 1 aromatic rings. The Labute approximate surface area is 180 Å². The number of benzene rings is 1. The number of rotatable bonds is 11. The summed E-state index contributed by atoms with van der Waals surface area (Å²) in [6.45, 7) is 0.262. The molecular weight excluding hydrogens is 436 g/mol. The standard InChI is InChI=1S/C18H18N2O8S2/c21-15(22)3-1-7-19-17(25)14(30-18(19)29)10-11-9-12(5-6-13(11)20(26)27)28-8-2-4-16(23)24/h5-6,9-10H,1-4,7-8H2,(H,21,22)(H,23,24). The molecule has 0 bridgehead atoms. The highest BCUT2D eigenvalue weighted by Crippen LogP contribution is 2.35. The van der Waals surface area contributed by atoms with Gasteiger partial charge in [0.15, 0.2) is 0 Å². The molecule has 2 N–H and O–H groups in total. The Morgan fingerprint density at radius 1 is 1.23 bits per heavy atom. The lowest BCUT2D eigenvalue weighted by atomic mass is 10.1. The zero-order valence-corrected chi connectivity index (χ0v) is 17.2. The van der Waals surface area contributed by atoms with Gasteiger partial charge in [-0.1, -0.05) is 24.0 Å². The molecule has 1 saturated heterocycles. The van der Waals surface area contributed by atoms with Crippen molar-refractivity contribution in [1.82, 2.24) is 4.90 Å². The van der Waals surface area contributed by atoms with Gasteiger partial charge < -0.3 is 14.9 Å². The van der Waals surface area contributed by atoms with Gasteiger partial charge in [0.25, 0.3) is 11.6 Å². The minimum Gasteiger partial charge on any atom is -0.494 e. The molecule has 1 amide bonds. The Hall–Kier alpha value is -2.99. The monoisotopic (exact) mass is 454 g/mol. The number of aliphatic carboxylic acids is 2. The summed E-state index contributed by atoms with van der Waals surface area (Å²) in [5.74, 6) is -2.08. The van der Waals surface area contributed by atoms with Gasteiger partial charge in [0.2, 0.25) is 0 Å². The highest BCUT2D eigenvalue weighted by Gasteiger charge is 2.32. The first kappa shape index (κ1) is 23.3. The van der Waals surface area contributed by atoms with Crippen LogP contribution in [-0.4, -0.2) is 55.4 Å². The van der Waals surface area contributed by atoms with Crippen molar-refractivity contribution in [3.8, 4) is 5.75 Å². The van der Waals surface area contributed by atoms with Crippen LogP contribution < -0.4 is 4.74 Å². The van der Waals surface area contributed by atoms with Crippen molar-refractivity contribution in [3.05, 3.63) is 38.8 Å². The van der Waals surface area contributed by atoms with Crippen LogP contribution in [0.25, 0.3) is 6.08 Å². The van der Waals surface area contributed by atoms with Gasteiger partial charge in [-0.25, -0.2) is 0 Å². The summed E-state index contributed by atoms with van der Waals surface area (Å²) in [6.07, 6.45) is 1.68. The molecule has 0 radical (unpaired) electrons. The molecule has 0 atom stereocenters. The Morgan fingerprint density at radius 2 is 1.90 bits per heavy atom. The second-order valence-corrected chi connectivity index (χ2v) is 7.83. The zero-order chi connectivity index (χ0) is 22.3. The van der Waals surface area contributed by atoms with E-state index in [-0.39, 0.29) is 59.3 Å². The number of hydrogen-bond acceptors (Lipinski definition) is 8. The molecule has 10 nitrogen and oxygen atoms in total. The van der Waals surface area contributed by atoms with Crippen LogP contribution in [0.1, 0.15) is 31.2 Å². The lowest BCUT2D eigenvalue weighted by molar-refractivity contribution is -0.385. The highest BCUT2D eigenvalue weighted by atomic mass is 32.2. The van der Waals surface area contributed by atoms with E-state index in [4.69, 9.17) is 27.2 Å². The predicted molar refractivity (Wildman–Crippen MR) is 112 cm³/mol. The fourth-order valence-electron chi connectivity index (χ4n) is 2.54. The predicted octanol–water partition coefficient (Wildman–Crippen LogP) is 2.90. The number of thiocarbonyl (C=S) groups is 1. The number of carbonyl (C=O) groups is 3. The Bertz CT molecular complexity index is 915. The van der Waals surface area contributed by atoms with Gasteiger partial charge in [0.05, 0.1) is 22.0 Å². The van der Waals surface area contributed by atoms with Gasteiger partial charge in [-0.3, -0.25) is 29.4 Å². The maximum absolute atomic E-state index is 12.6. The molecule has 1 heterocycles. The first-order valence-electron chi connectivity index (χ1n) is 8.79. The molecule has 0 unspecified atom stereocenters. The van der Waals surface area contributed by atoms with E-state index in [1.54, 1.807) is 0 Å². The molecule has 1 fully saturated rings. The molecule has 12 heteroatoms. The van der Waals surface area contributed by atoms with Gasteiger partial charge in [-0.05, 0) is 31.1 Å². The maximum Gasteiger partial charge on any atom is 0.303 e. The first-order valence-corrected chi connectivity index (χ1v) is 10.0. The van der Waals surface area contributed by atoms with Gasteiger partial charge in [0.1, 0.15) is 10.1 Å². The Balaban J connectivity index is 2.18. The second-order valence-electron chi connectivity index (χ2n) is 6.15. The number of nitrogens with zero attached hydrogens (tertiary/aromatic N) is 2. The van der Waals surface area contributed by atoms with Crippen molar-refractivity contribution >= 4 is 57.9 Å². The highest BCUT2D eigenvalue weighted by molar-refractivity contribution is 8.26. The molecular formula is C18H18N2O8S2. The van der Waals surface area contributed by atoms with Crippen molar-refractivity contribution in [2.24, 2.45) is 0 Å². The van der Waals surface area contributed by atoms with Crippen LogP contribution in [0.2, 0.25) is 0 Å². The minimum atomic E-state index is -0.980. The molecule has 1 aromatic carbocycles. The SMILES string of the molecule is O=C(O)CCCOc1ccc([N+](=O)[O-])c(C=C2SC(=S)N(CCCC(=O)O)C2=O)c1.